The second-order valence-corrected chi connectivity index (χ2v) is 5.50. The van der Waals surface area contributed by atoms with Gasteiger partial charge in [0.1, 0.15) is 0 Å². The van der Waals surface area contributed by atoms with Gasteiger partial charge in [0, 0.05) is 28.4 Å². The van der Waals surface area contributed by atoms with E-state index in [4.69, 9.17) is 0 Å². The van der Waals surface area contributed by atoms with Crippen molar-refractivity contribution in [2.45, 2.75) is 61.1 Å². The van der Waals surface area contributed by atoms with Crippen molar-refractivity contribution in [3.63, 3.8) is 0 Å². The van der Waals surface area contributed by atoms with E-state index < -0.39 is 0 Å². The van der Waals surface area contributed by atoms with Gasteiger partial charge in [-0.05, 0) is 45.0 Å². The van der Waals surface area contributed by atoms with E-state index in [9.17, 15) is 5.11 Å². The van der Waals surface area contributed by atoms with Crippen molar-refractivity contribution in [2.75, 3.05) is 0 Å². The van der Waals surface area contributed by atoms with Gasteiger partial charge in [-0.2, -0.15) is 0 Å². The predicted molar refractivity (Wildman–Crippen MR) is 103 cm³/mol. The second-order valence-electron chi connectivity index (χ2n) is 5.50. The molecule has 0 bridgehead atoms. The molecule has 1 unspecified atom stereocenters. The lowest BCUT2D eigenvalue weighted by Crippen LogP contribution is -2.11. The van der Waals surface area contributed by atoms with Crippen LogP contribution >= 0.6 is 0 Å². The SMILES string of the molecule is CC.CC.Cc1ccc2c(c1)c1cc(C)ccc1n2CC(C)O. The highest BCUT2D eigenvalue weighted by Crippen LogP contribution is 2.30. The number of aromatic nitrogens is 1. The molecule has 0 amide bonds. The van der Waals surface area contributed by atoms with E-state index in [0.717, 1.165) is 0 Å². The lowest BCUT2D eigenvalue weighted by molar-refractivity contribution is 0.176. The molecular formula is C21H31NO. The number of rotatable bonds is 2. The van der Waals surface area contributed by atoms with Gasteiger partial charge in [0.25, 0.3) is 0 Å². The maximum absolute atomic E-state index is 9.73. The molecule has 0 fully saturated rings. The number of hydrogen-bond donors (Lipinski definition) is 1. The molecule has 126 valence electrons. The first kappa shape index (κ1) is 19.2. The van der Waals surface area contributed by atoms with Crippen LogP contribution in [0.3, 0.4) is 0 Å². The van der Waals surface area contributed by atoms with E-state index in [-0.39, 0.29) is 6.10 Å². The molecule has 1 aromatic heterocycles. The van der Waals surface area contributed by atoms with Crippen LogP contribution in [0.4, 0.5) is 0 Å². The third kappa shape index (κ3) is 4.14. The van der Waals surface area contributed by atoms with Crippen molar-refractivity contribution in [1.29, 1.82) is 0 Å². The van der Waals surface area contributed by atoms with Crippen LogP contribution in [0, 0.1) is 13.8 Å². The lowest BCUT2D eigenvalue weighted by atomic mass is 10.1. The lowest BCUT2D eigenvalue weighted by Gasteiger charge is -2.09. The summed E-state index contributed by atoms with van der Waals surface area (Å²) in [5.41, 5.74) is 4.94. The van der Waals surface area contributed by atoms with Crippen molar-refractivity contribution in [1.82, 2.24) is 4.57 Å². The standard InChI is InChI=1S/C17H19NO.2C2H6/c1-11-4-6-16-14(8-11)15-9-12(2)5-7-17(15)18(16)10-13(3)19;2*1-2/h4-9,13,19H,10H2,1-3H3;2*1-2H3. The molecule has 1 atom stereocenters. The summed E-state index contributed by atoms with van der Waals surface area (Å²) in [5, 5.41) is 12.3. The summed E-state index contributed by atoms with van der Waals surface area (Å²) in [6.45, 7) is 14.7. The zero-order chi connectivity index (χ0) is 17.6. The number of aliphatic hydroxyl groups is 1. The zero-order valence-corrected chi connectivity index (χ0v) is 15.6. The average molecular weight is 313 g/mol. The first-order chi connectivity index (χ1) is 11.1. The highest BCUT2D eigenvalue weighted by atomic mass is 16.3. The van der Waals surface area contributed by atoms with E-state index in [1.54, 1.807) is 0 Å². The first-order valence-corrected chi connectivity index (χ1v) is 8.73. The van der Waals surface area contributed by atoms with Gasteiger partial charge in [0.05, 0.1) is 6.10 Å². The summed E-state index contributed by atoms with van der Waals surface area (Å²) in [4.78, 5) is 0. The number of aryl methyl sites for hydroxylation is 2. The van der Waals surface area contributed by atoms with Crippen molar-refractivity contribution in [3.8, 4) is 0 Å². The summed E-state index contributed by atoms with van der Waals surface area (Å²) in [6.07, 6.45) is -0.346. The van der Waals surface area contributed by atoms with Crippen molar-refractivity contribution in [3.05, 3.63) is 47.5 Å². The minimum Gasteiger partial charge on any atom is -0.392 e. The Morgan fingerprint density at radius 3 is 1.57 bits per heavy atom. The maximum Gasteiger partial charge on any atom is 0.0691 e. The molecule has 3 aromatic rings. The average Bonchev–Trinajstić information content (AvgIpc) is 2.84. The smallest absolute Gasteiger partial charge is 0.0691 e. The third-order valence-corrected chi connectivity index (χ3v) is 3.62. The minimum absolute atomic E-state index is 0.346. The zero-order valence-electron chi connectivity index (χ0n) is 15.6. The summed E-state index contributed by atoms with van der Waals surface area (Å²) >= 11 is 0. The number of hydrogen-bond acceptors (Lipinski definition) is 1. The molecule has 1 N–H and O–H groups in total. The Morgan fingerprint density at radius 1 is 0.826 bits per heavy atom. The van der Waals surface area contributed by atoms with Crippen LogP contribution in [0.1, 0.15) is 45.7 Å². The van der Waals surface area contributed by atoms with Gasteiger partial charge in [0.15, 0.2) is 0 Å². The normalized spacial score (nSPS) is 11.5. The van der Waals surface area contributed by atoms with E-state index in [1.807, 2.05) is 34.6 Å². The summed E-state index contributed by atoms with van der Waals surface area (Å²) in [6, 6.07) is 13.0. The Balaban J connectivity index is 0.000000615. The van der Waals surface area contributed by atoms with Gasteiger partial charge < -0.3 is 9.67 Å². The molecule has 0 aliphatic carbocycles. The van der Waals surface area contributed by atoms with Crippen LogP contribution < -0.4 is 0 Å². The highest BCUT2D eigenvalue weighted by molar-refractivity contribution is 6.08. The van der Waals surface area contributed by atoms with E-state index in [2.05, 4.69) is 54.8 Å². The molecule has 3 rings (SSSR count). The van der Waals surface area contributed by atoms with Crippen molar-refractivity contribution >= 4 is 21.8 Å². The molecule has 2 nitrogen and oxygen atoms in total. The molecular weight excluding hydrogens is 282 g/mol. The quantitative estimate of drug-likeness (QED) is 0.631. The molecule has 2 heteroatoms. The fourth-order valence-electron chi connectivity index (χ4n) is 2.79. The molecule has 0 aliphatic rings. The van der Waals surface area contributed by atoms with E-state index in [0.29, 0.717) is 6.54 Å². The Morgan fingerprint density at radius 2 is 1.22 bits per heavy atom. The molecule has 0 saturated carbocycles. The van der Waals surface area contributed by atoms with Gasteiger partial charge >= 0.3 is 0 Å². The van der Waals surface area contributed by atoms with Crippen LogP contribution in [0.2, 0.25) is 0 Å². The Labute approximate surface area is 140 Å². The molecule has 23 heavy (non-hydrogen) atoms. The van der Waals surface area contributed by atoms with Gasteiger partial charge in [-0.15, -0.1) is 0 Å². The second kappa shape index (κ2) is 8.73. The predicted octanol–water partition coefficient (Wildman–Crippen LogP) is 5.84. The highest BCUT2D eigenvalue weighted by Gasteiger charge is 2.12. The molecule has 2 aromatic carbocycles. The van der Waals surface area contributed by atoms with Crippen LogP contribution in [0.25, 0.3) is 21.8 Å². The number of fused-ring (bicyclic) bond motifs is 3. The Bertz CT molecular complexity index is 694. The number of nitrogens with zero attached hydrogens (tertiary/aromatic N) is 1. The number of benzene rings is 2. The van der Waals surface area contributed by atoms with Crippen LogP contribution in [-0.2, 0) is 6.54 Å². The van der Waals surface area contributed by atoms with Crippen molar-refractivity contribution < 1.29 is 5.11 Å². The fourth-order valence-corrected chi connectivity index (χ4v) is 2.79. The maximum atomic E-state index is 9.73. The third-order valence-electron chi connectivity index (χ3n) is 3.62. The van der Waals surface area contributed by atoms with Gasteiger partial charge in [-0.3, -0.25) is 0 Å². The Hall–Kier alpha value is -1.80. The molecule has 0 spiro atoms. The largest absolute Gasteiger partial charge is 0.392 e. The molecule has 0 radical (unpaired) electrons. The van der Waals surface area contributed by atoms with Crippen LogP contribution in [0.5, 0.6) is 0 Å². The monoisotopic (exact) mass is 313 g/mol. The Kier molecular flexibility index (Phi) is 7.31. The van der Waals surface area contributed by atoms with Crippen LogP contribution in [0.15, 0.2) is 36.4 Å². The van der Waals surface area contributed by atoms with Crippen molar-refractivity contribution in [2.24, 2.45) is 0 Å². The topological polar surface area (TPSA) is 25.2 Å². The fraction of sp³-hybridized carbons (Fsp3) is 0.429. The summed E-state index contributed by atoms with van der Waals surface area (Å²) in [5.74, 6) is 0. The summed E-state index contributed by atoms with van der Waals surface area (Å²) < 4.78 is 2.22. The molecule has 0 saturated heterocycles. The molecule has 0 aliphatic heterocycles. The first-order valence-electron chi connectivity index (χ1n) is 8.73. The summed E-state index contributed by atoms with van der Waals surface area (Å²) in [7, 11) is 0. The van der Waals surface area contributed by atoms with Gasteiger partial charge in [-0.1, -0.05) is 51.0 Å². The van der Waals surface area contributed by atoms with Gasteiger partial charge in [0.2, 0.25) is 0 Å². The minimum atomic E-state index is -0.346. The van der Waals surface area contributed by atoms with E-state index in [1.165, 1.54) is 32.9 Å². The number of aliphatic hydroxyl groups excluding tert-OH is 1. The van der Waals surface area contributed by atoms with E-state index >= 15 is 0 Å². The van der Waals surface area contributed by atoms with Crippen LogP contribution in [-0.4, -0.2) is 15.8 Å². The molecule has 1 heterocycles. The van der Waals surface area contributed by atoms with Gasteiger partial charge in [-0.25, -0.2) is 0 Å².